The maximum atomic E-state index is 12.4. The number of benzene rings is 2. The van der Waals surface area contributed by atoms with Gasteiger partial charge >= 0.3 is 12.1 Å². The van der Waals surface area contributed by atoms with Crippen molar-refractivity contribution in [2.24, 2.45) is 5.10 Å². The second kappa shape index (κ2) is 6.30. The van der Waals surface area contributed by atoms with Crippen LogP contribution < -0.4 is 5.43 Å². The van der Waals surface area contributed by atoms with Gasteiger partial charge < -0.3 is 5.11 Å². The van der Waals surface area contributed by atoms with Crippen molar-refractivity contribution >= 4 is 17.9 Å². The average Bonchev–Trinajstić information content (AvgIpc) is 2.47. The number of halogens is 3. The van der Waals surface area contributed by atoms with Gasteiger partial charge in [0.2, 0.25) is 0 Å². The molecule has 0 fully saturated rings. The molecular weight excluding hydrogens is 297 g/mol. The Morgan fingerprint density at radius 3 is 2.14 bits per heavy atom. The van der Waals surface area contributed by atoms with E-state index in [-0.39, 0.29) is 5.56 Å². The third-order valence-electron chi connectivity index (χ3n) is 2.78. The lowest BCUT2D eigenvalue weighted by atomic mass is 10.1. The number of carboxylic acid groups (broad SMARTS) is 1. The van der Waals surface area contributed by atoms with Crippen LogP contribution >= 0.6 is 0 Å². The Bertz CT molecular complexity index is 677. The first-order valence-electron chi connectivity index (χ1n) is 6.16. The van der Waals surface area contributed by atoms with E-state index >= 15 is 0 Å². The average molecular weight is 308 g/mol. The number of hydrogen-bond donors (Lipinski definition) is 2. The number of nitrogens with zero attached hydrogens (tertiary/aromatic N) is 1. The number of hydrazone groups is 1. The van der Waals surface area contributed by atoms with Gasteiger partial charge in [-0.05, 0) is 42.0 Å². The Labute approximate surface area is 123 Å². The molecule has 0 heterocycles. The number of rotatable bonds is 4. The second-order valence-corrected chi connectivity index (χ2v) is 4.37. The van der Waals surface area contributed by atoms with Crippen LogP contribution in [0, 0.1) is 0 Å². The standard InChI is InChI=1S/C15H11F3N2O2/c16-15(17,18)12-5-1-10(2-6-12)9-19-20-13-7-3-11(4-8-13)14(21)22/h1-9,20H,(H,21,22). The minimum absolute atomic E-state index is 0.150. The van der Waals surface area contributed by atoms with E-state index < -0.39 is 17.7 Å². The zero-order valence-electron chi connectivity index (χ0n) is 11.1. The first-order valence-corrected chi connectivity index (χ1v) is 6.16. The van der Waals surface area contributed by atoms with Crippen LogP contribution in [0.1, 0.15) is 21.5 Å². The number of carboxylic acids is 1. The largest absolute Gasteiger partial charge is 0.478 e. The molecule has 2 aromatic rings. The lowest BCUT2D eigenvalue weighted by Gasteiger charge is -2.05. The molecule has 4 nitrogen and oxygen atoms in total. The molecule has 2 rings (SSSR count). The van der Waals surface area contributed by atoms with Gasteiger partial charge in [0.15, 0.2) is 0 Å². The summed E-state index contributed by atoms with van der Waals surface area (Å²) < 4.78 is 37.2. The highest BCUT2D eigenvalue weighted by Crippen LogP contribution is 2.28. The molecule has 0 bridgehead atoms. The Kier molecular flexibility index (Phi) is 4.45. The van der Waals surface area contributed by atoms with Gasteiger partial charge in [-0.2, -0.15) is 18.3 Å². The zero-order valence-corrected chi connectivity index (χ0v) is 11.1. The van der Waals surface area contributed by atoms with Crippen LogP contribution in [-0.2, 0) is 6.18 Å². The van der Waals surface area contributed by atoms with Crippen molar-refractivity contribution < 1.29 is 23.1 Å². The molecule has 0 saturated heterocycles. The molecule has 0 aromatic heterocycles. The highest BCUT2D eigenvalue weighted by molar-refractivity contribution is 5.88. The van der Waals surface area contributed by atoms with Crippen LogP contribution in [0.2, 0.25) is 0 Å². The number of nitrogens with one attached hydrogen (secondary N) is 1. The molecule has 0 aliphatic carbocycles. The highest BCUT2D eigenvalue weighted by atomic mass is 19.4. The molecule has 22 heavy (non-hydrogen) atoms. The summed E-state index contributed by atoms with van der Waals surface area (Å²) in [4.78, 5) is 10.7. The van der Waals surface area contributed by atoms with Gasteiger partial charge in [-0.25, -0.2) is 4.79 Å². The van der Waals surface area contributed by atoms with Crippen molar-refractivity contribution in [1.29, 1.82) is 0 Å². The summed E-state index contributed by atoms with van der Waals surface area (Å²) in [5, 5.41) is 12.6. The Hall–Kier alpha value is -2.83. The Balaban J connectivity index is 1.99. The Morgan fingerprint density at radius 2 is 1.64 bits per heavy atom. The molecule has 0 unspecified atom stereocenters. The molecule has 0 amide bonds. The van der Waals surface area contributed by atoms with Crippen molar-refractivity contribution in [3.63, 3.8) is 0 Å². The van der Waals surface area contributed by atoms with E-state index in [9.17, 15) is 18.0 Å². The molecule has 114 valence electrons. The minimum Gasteiger partial charge on any atom is -0.478 e. The SMILES string of the molecule is O=C(O)c1ccc(NN=Cc2ccc(C(F)(F)F)cc2)cc1. The van der Waals surface area contributed by atoms with Crippen LogP contribution in [0.25, 0.3) is 0 Å². The summed E-state index contributed by atoms with van der Waals surface area (Å²) >= 11 is 0. The van der Waals surface area contributed by atoms with Crippen LogP contribution in [0.15, 0.2) is 53.6 Å². The molecule has 0 radical (unpaired) electrons. The summed E-state index contributed by atoms with van der Waals surface area (Å²) in [7, 11) is 0. The fourth-order valence-electron chi connectivity index (χ4n) is 1.63. The van der Waals surface area contributed by atoms with Crippen molar-refractivity contribution in [3.05, 3.63) is 65.2 Å². The van der Waals surface area contributed by atoms with E-state index in [1.54, 1.807) is 0 Å². The van der Waals surface area contributed by atoms with Crippen LogP contribution in [0.3, 0.4) is 0 Å². The smallest absolute Gasteiger partial charge is 0.416 e. The number of alkyl halides is 3. The van der Waals surface area contributed by atoms with E-state index in [4.69, 9.17) is 5.11 Å². The van der Waals surface area contributed by atoms with Gasteiger partial charge in [-0.3, -0.25) is 5.43 Å². The van der Waals surface area contributed by atoms with Crippen molar-refractivity contribution in [2.75, 3.05) is 5.43 Å². The normalized spacial score (nSPS) is 11.6. The molecule has 2 aromatic carbocycles. The van der Waals surface area contributed by atoms with Gasteiger partial charge in [0, 0.05) is 0 Å². The minimum atomic E-state index is -4.36. The van der Waals surface area contributed by atoms with Crippen LogP contribution in [0.5, 0.6) is 0 Å². The van der Waals surface area contributed by atoms with Crippen molar-refractivity contribution in [2.45, 2.75) is 6.18 Å². The summed E-state index contributed by atoms with van der Waals surface area (Å²) in [6, 6.07) is 10.5. The fraction of sp³-hybridized carbons (Fsp3) is 0.0667. The summed E-state index contributed by atoms with van der Waals surface area (Å²) in [6.07, 6.45) is -2.99. The fourth-order valence-corrected chi connectivity index (χ4v) is 1.63. The van der Waals surface area contributed by atoms with Crippen LogP contribution in [0.4, 0.5) is 18.9 Å². The highest BCUT2D eigenvalue weighted by Gasteiger charge is 2.29. The topological polar surface area (TPSA) is 61.7 Å². The van der Waals surface area contributed by atoms with Crippen molar-refractivity contribution in [3.8, 4) is 0 Å². The maximum Gasteiger partial charge on any atom is 0.416 e. The van der Waals surface area contributed by atoms with Gasteiger partial charge in [0.25, 0.3) is 0 Å². The Morgan fingerprint density at radius 1 is 1.05 bits per heavy atom. The van der Waals surface area contributed by atoms with Gasteiger partial charge in [-0.15, -0.1) is 0 Å². The summed E-state index contributed by atoms with van der Waals surface area (Å²) in [5.41, 5.74) is 3.15. The number of carbonyl (C=O) groups is 1. The number of anilines is 1. The van der Waals surface area contributed by atoms with Gasteiger partial charge in [0.05, 0.1) is 23.0 Å². The molecule has 2 N–H and O–H groups in total. The molecule has 0 spiro atoms. The van der Waals surface area contributed by atoms with E-state index in [0.29, 0.717) is 11.3 Å². The number of hydrogen-bond acceptors (Lipinski definition) is 3. The molecule has 0 aliphatic heterocycles. The van der Waals surface area contributed by atoms with Crippen molar-refractivity contribution in [1.82, 2.24) is 0 Å². The van der Waals surface area contributed by atoms with E-state index in [1.165, 1.54) is 42.6 Å². The van der Waals surface area contributed by atoms with Crippen LogP contribution in [-0.4, -0.2) is 17.3 Å². The van der Waals surface area contributed by atoms with E-state index in [1.807, 2.05) is 0 Å². The maximum absolute atomic E-state index is 12.4. The van der Waals surface area contributed by atoms with E-state index in [2.05, 4.69) is 10.5 Å². The first-order chi connectivity index (χ1) is 10.4. The monoisotopic (exact) mass is 308 g/mol. The quantitative estimate of drug-likeness (QED) is 0.666. The lowest BCUT2D eigenvalue weighted by molar-refractivity contribution is -0.137. The third kappa shape index (κ3) is 4.08. The van der Waals surface area contributed by atoms with E-state index in [0.717, 1.165) is 12.1 Å². The molecular formula is C15H11F3N2O2. The van der Waals surface area contributed by atoms with Gasteiger partial charge in [0.1, 0.15) is 0 Å². The summed E-state index contributed by atoms with van der Waals surface area (Å²) in [6.45, 7) is 0. The predicted molar refractivity (Wildman–Crippen MR) is 76.1 cm³/mol. The predicted octanol–water partition coefficient (Wildman–Crippen LogP) is 3.85. The molecule has 0 saturated carbocycles. The molecule has 0 aliphatic rings. The molecule has 0 atom stereocenters. The summed E-state index contributed by atoms with van der Waals surface area (Å²) in [5.74, 6) is -1.03. The third-order valence-corrected chi connectivity index (χ3v) is 2.78. The number of aromatic carboxylic acids is 1. The lowest BCUT2D eigenvalue weighted by Crippen LogP contribution is -2.04. The second-order valence-electron chi connectivity index (χ2n) is 4.37. The molecule has 7 heteroatoms. The zero-order chi connectivity index (χ0) is 16.2. The van der Waals surface area contributed by atoms with Gasteiger partial charge in [-0.1, -0.05) is 12.1 Å². The first kappa shape index (κ1) is 15.6.